The first-order valence-electron chi connectivity index (χ1n) is 22.7. The van der Waals surface area contributed by atoms with Crippen LogP contribution in [-0.4, -0.2) is 59.9 Å². The van der Waals surface area contributed by atoms with Crippen molar-refractivity contribution in [2.75, 3.05) is 13.7 Å². The molecule has 0 spiro atoms. The van der Waals surface area contributed by atoms with Crippen LogP contribution in [0.25, 0.3) is 0 Å². The van der Waals surface area contributed by atoms with Crippen molar-refractivity contribution in [2.24, 2.45) is 70.8 Å². The summed E-state index contributed by atoms with van der Waals surface area (Å²) in [5.74, 6) is 9.95. The molecule has 7 heteroatoms. The summed E-state index contributed by atoms with van der Waals surface area (Å²) in [6, 6.07) is 0. The van der Waals surface area contributed by atoms with Gasteiger partial charge in [0.1, 0.15) is 0 Å². The lowest BCUT2D eigenvalue weighted by atomic mass is 9.57. The largest absolute Gasteiger partial charge is 0.390 e. The zero-order chi connectivity index (χ0) is 37.3. The van der Waals surface area contributed by atoms with E-state index in [-0.39, 0.29) is 59.8 Å². The van der Waals surface area contributed by atoms with E-state index in [0.29, 0.717) is 36.5 Å². The van der Waals surface area contributed by atoms with Crippen molar-refractivity contribution >= 4 is 11.6 Å². The minimum Gasteiger partial charge on any atom is -0.390 e. The maximum atomic E-state index is 14.4. The number of piperidine rings is 1. The van der Waals surface area contributed by atoms with E-state index < -0.39 is 18.1 Å². The Balaban J connectivity index is 1.39. The number of ether oxygens (including phenoxy) is 1. The number of carbonyl (C=O) groups excluding carboxylic acids is 2. The molecule has 0 radical (unpaired) electrons. The standard InChI is InChI=1S/C46H76N2O5/c1-3-4-11-31-24-33(25-32-22-23-48-42(47)28-32)26-35-17-20-37(34-14-9-6-10-15-34)43-36(18-21-40(49)46(52)45(51)39(35)27-31)29-41(53-2)44(50)38(43)19-16-30-12-7-5-8-13-30/h30-39,41-44,46,48,50,52H,3-16,18-19,21-29,47H2,1-2H3/t31-,32?,33-,35-,36?,37?,38?,39-,41?,42?,43?,44?,46-/m0/s1. The number of unbranched alkanes of at least 4 members (excludes halogenated alkanes) is 1. The molecule has 5 N–H and O–H groups in total. The Kier molecular flexibility index (Phi) is 15.8. The predicted octanol–water partition coefficient (Wildman–Crippen LogP) is 7.98. The Morgan fingerprint density at radius 2 is 1.53 bits per heavy atom. The first-order chi connectivity index (χ1) is 25.7. The fourth-order valence-corrected chi connectivity index (χ4v) is 12.7. The molecule has 0 aromatic carbocycles. The lowest BCUT2D eigenvalue weighted by molar-refractivity contribution is -0.143. The van der Waals surface area contributed by atoms with Gasteiger partial charge in [-0.15, -0.1) is 0 Å². The molecular formula is C46H76N2O5. The molecular weight excluding hydrogens is 661 g/mol. The number of aliphatic hydroxyl groups is 2. The number of Topliss-reactive ketones (excluding diaryl/α,β-unsaturated/α-hetero) is 2. The van der Waals surface area contributed by atoms with Gasteiger partial charge in [0, 0.05) is 31.3 Å². The normalized spacial score (nSPS) is 41.2. The molecule has 0 amide bonds. The number of nitrogens with one attached hydrogen (secondary N) is 1. The zero-order valence-corrected chi connectivity index (χ0v) is 33.5. The summed E-state index contributed by atoms with van der Waals surface area (Å²) < 4.78 is 6.01. The molecule has 300 valence electrons. The van der Waals surface area contributed by atoms with Gasteiger partial charge >= 0.3 is 0 Å². The maximum Gasteiger partial charge on any atom is 0.173 e. The molecule has 1 saturated heterocycles. The molecule has 1 heterocycles. The van der Waals surface area contributed by atoms with Gasteiger partial charge in [0.05, 0.1) is 18.4 Å². The second-order valence-electron chi connectivity index (χ2n) is 19.1. The minimum atomic E-state index is -1.57. The molecule has 1 aliphatic heterocycles. The highest BCUT2D eigenvalue weighted by Crippen LogP contribution is 2.50. The predicted molar refractivity (Wildman–Crippen MR) is 211 cm³/mol. The Hall–Kier alpha value is -1.30. The van der Waals surface area contributed by atoms with Gasteiger partial charge in [0.15, 0.2) is 17.7 Å². The van der Waals surface area contributed by atoms with Crippen molar-refractivity contribution in [1.82, 2.24) is 5.32 Å². The monoisotopic (exact) mass is 737 g/mol. The molecule has 7 nitrogen and oxygen atoms in total. The molecule has 6 rings (SSSR count). The van der Waals surface area contributed by atoms with Crippen molar-refractivity contribution in [3.63, 3.8) is 0 Å². The quantitative estimate of drug-likeness (QED) is 0.133. The summed E-state index contributed by atoms with van der Waals surface area (Å²) in [6.45, 7) is 3.19. The van der Waals surface area contributed by atoms with Gasteiger partial charge in [-0.2, -0.15) is 0 Å². The van der Waals surface area contributed by atoms with Gasteiger partial charge in [0.25, 0.3) is 0 Å². The van der Waals surface area contributed by atoms with E-state index >= 15 is 0 Å². The molecule has 6 aliphatic rings. The van der Waals surface area contributed by atoms with E-state index in [2.05, 4.69) is 24.1 Å². The van der Waals surface area contributed by atoms with Crippen LogP contribution in [0.3, 0.4) is 0 Å². The van der Waals surface area contributed by atoms with Crippen LogP contribution in [0.4, 0.5) is 0 Å². The van der Waals surface area contributed by atoms with Crippen LogP contribution >= 0.6 is 0 Å². The van der Waals surface area contributed by atoms with E-state index in [1.54, 1.807) is 7.11 Å². The number of carbonyl (C=O) groups is 2. The fraction of sp³-hybridized carbons (Fsp3) is 0.913. The lowest BCUT2D eigenvalue weighted by Gasteiger charge is -2.49. The van der Waals surface area contributed by atoms with E-state index in [1.165, 1.54) is 64.2 Å². The molecule has 53 heavy (non-hydrogen) atoms. The number of methoxy groups -OCH3 is 1. The SMILES string of the molecule is CCCC[C@H]1C[C@@H](CC2CCNC(N)C2)C[C@@H]2C#CC(C3CCCCC3)C3C(CCC(=O)[C@H](O)C(=O)[C@H]2C1)CC(OC)C(O)C3CCC1CCCCC1. The number of rotatable bonds is 10. The zero-order valence-electron chi connectivity index (χ0n) is 33.5. The highest BCUT2D eigenvalue weighted by Gasteiger charge is 2.49. The number of nitrogens with two attached hydrogens (primary N) is 1. The van der Waals surface area contributed by atoms with E-state index in [0.717, 1.165) is 83.1 Å². The average molecular weight is 737 g/mol. The molecule has 0 aromatic rings. The van der Waals surface area contributed by atoms with Crippen molar-refractivity contribution in [3.05, 3.63) is 0 Å². The number of hydrogen-bond donors (Lipinski definition) is 4. The average Bonchev–Trinajstić information content (AvgIpc) is 3.34. The summed E-state index contributed by atoms with van der Waals surface area (Å²) in [6.07, 6.45) is 23.2. The third kappa shape index (κ3) is 10.8. The van der Waals surface area contributed by atoms with Crippen molar-refractivity contribution in [3.8, 4) is 11.8 Å². The summed E-state index contributed by atoms with van der Waals surface area (Å²) in [7, 11) is 1.72. The number of ketones is 2. The molecule has 8 unspecified atom stereocenters. The van der Waals surface area contributed by atoms with Crippen LogP contribution in [0.2, 0.25) is 0 Å². The minimum absolute atomic E-state index is 0.0471. The fourth-order valence-electron chi connectivity index (χ4n) is 12.7. The second kappa shape index (κ2) is 20.2. The summed E-state index contributed by atoms with van der Waals surface area (Å²) in [5.41, 5.74) is 6.38. The van der Waals surface area contributed by atoms with Crippen molar-refractivity contribution in [1.29, 1.82) is 0 Å². The van der Waals surface area contributed by atoms with Crippen LogP contribution in [0.5, 0.6) is 0 Å². The summed E-state index contributed by atoms with van der Waals surface area (Å²) in [5, 5.41) is 27.1. The van der Waals surface area contributed by atoms with Gasteiger partial charge in [-0.3, -0.25) is 9.59 Å². The van der Waals surface area contributed by atoms with Crippen molar-refractivity contribution < 1.29 is 24.5 Å². The first kappa shape index (κ1) is 41.3. The lowest BCUT2D eigenvalue weighted by Crippen LogP contribution is -2.51. The topological polar surface area (TPSA) is 122 Å². The van der Waals surface area contributed by atoms with Crippen LogP contribution in [0, 0.1) is 76.9 Å². The van der Waals surface area contributed by atoms with Crippen LogP contribution in [0.1, 0.15) is 161 Å². The summed E-state index contributed by atoms with van der Waals surface area (Å²) in [4.78, 5) is 28.3. The van der Waals surface area contributed by atoms with Gasteiger partial charge in [-0.1, -0.05) is 95.8 Å². The Labute approximate surface area is 322 Å². The number of fused-ring (bicyclic) bond motifs is 2. The highest BCUT2D eigenvalue weighted by molar-refractivity contribution is 6.06. The summed E-state index contributed by atoms with van der Waals surface area (Å²) >= 11 is 0. The van der Waals surface area contributed by atoms with Crippen LogP contribution < -0.4 is 11.1 Å². The Morgan fingerprint density at radius 3 is 2.25 bits per heavy atom. The Morgan fingerprint density at radius 1 is 0.774 bits per heavy atom. The smallest absolute Gasteiger partial charge is 0.173 e. The van der Waals surface area contributed by atoms with Gasteiger partial charge in [-0.25, -0.2) is 0 Å². The maximum absolute atomic E-state index is 14.4. The highest BCUT2D eigenvalue weighted by atomic mass is 16.5. The second-order valence-corrected chi connectivity index (χ2v) is 19.1. The Bertz CT molecular complexity index is 1220. The molecule has 0 bridgehead atoms. The molecule has 0 aromatic heterocycles. The van der Waals surface area contributed by atoms with Crippen molar-refractivity contribution in [2.45, 2.75) is 186 Å². The van der Waals surface area contributed by atoms with E-state index in [1.807, 2.05) is 0 Å². The molecule has 5 aliphatic carbocycles. The third-order valence-electron chi connectivity index (χ3n) is 15.5. The van der Waals surface area contributed by atoms with Crippen LogP contribution in [0.15, 0.2) is 0 Å². The van der Waals surface area contributed by atoms with Crippen LogP contribution in [-0.2, 0) is 14.3 Å². The number of hydrogen-bond acceptors (Lipinski definition) is 7. The van der Waals surface area contributed by atoms with Gasteiger partial charge < -0.3 is 26.0 Å². The van der Waals surface area contributed by atoms with Gasteiger partial charge in [0.2, 0.25) is 0 Å². The molecule has 13 atom stereocenters. The van der Waals surface area contributed by atoms with E-state index in [4.69, 9.17) is 10.5 Å². The molecule has 4 saturated carbocycles. The molecule has 5 fully saturated rings. The van der Waals surface area contributed by atoms with Gasteiger partial charge in [-0.05, 0) is 125 Å². The number of aliphatic hydroxyl groups excluding tert-OH is 2. The third-order valence-corrected chi connectivity index (χ3v) is 15.5. The first-order valence-corrected chi connectivity index (χ1v) is 22.7. The van der Waals surface area contributed by atoms with E-state index in [9.17, 15) is 19.8 Å².